The topological polar surface area (TPSA) is 67.0 Å². The summed E-state index contributed by atoms with van der Waals surface area (Å²) in [5.41, 5.74) is 1.29. The lowest BCUT2D eigenvalue weighted by Crippen LogP contribution is -2.14. The van der Waals surface area contributed by atoms with Gasteiger partial charge in [-0.2, -0.15) is 0 Å². The SMILES string of the molecule is CCOc1cc(Cl)ccc1C(=O)Nc1ncc(C)[nH]1. The molecule has 0 fully saturated rings. The molecule has 2 aromatic rings. The van der Waals surface area contributed by atoms with Crippen LogP contribution in [0.2, 0.25) is 5.02 Å². The van der Waals surface area contributed by atoms with Crippen LogP contribution in [-0.4, -0.2) is 22.5 Å². The Balaban J connectivity index is 2.23. The zero-order chi connectivity index (χ0) is 13.8. The molecule has 2 rings (SSSR count). The third-order valence-corrected chi connectivity index (χ3v) is 2.66. The Kier molecular flexibility index (Phi) is 4.06. The second-order valence-electron chi connectivity index (χ2n) is 3.94. The quantitative estimate of drug-likeness (QED) is 0.904. The van der Waals surface area contributed by atoms with Crippen LogP contribution in [0.15, 0.2) is 24.4 Å². The molecule has 0 saturated heterocycles. The molecular formula is C13H14ClN3O2. The third-order valence-electron chi connectivity index (χ3n) is 2.42. The van der Waals surface area contributed by atoms with Gasteiger partial charge in [-0.1, -0.05) is 11.6 Å². The minimum atomic E-state index is -0.297. The summed E-state index contributed by atoms with van der Waals surface area (Å²) in [6, 6.07) is 4.89. The number of ether oxygens (including phenoxy) is 1. The summed E-state index contributed by atoms with van der Waals surface area (Å²) in [6.07, 6.45) is 1.64. The molecule has 0 aliphatic carbocycles. The number of aromatic nitrogens is 2. The zero-order valence-electron chi connectivity index (χ0n) is 10.7. The molecule has 100 valence electrons. The molecule has 0 spiro atoms. The van der Waals surface area contributed by atoms with Crippen molar-refractivity contribution < 1.29 is 9.53 Å². The molecule has 1 heterocycles. The van der Waals surface area contributed by atoms with Gasteiger partial charge in [0, 0.05) is 16.9 Å². The minimum absolute atomic E-state index is 0.297. The number of hydrogen-bond acceptors (Lipinski definition) is 3. The smallest absolute Gasteiger partial charge is 0.261 e. The summed E-state index contributed by atoms with van der Waals surface area (Å²) in [7, 11) is 0. The number of benzene rings is 1. The van der Waals surface area contributed by atoms with E-state index in [1.807, 2.05) is 13.8 Å². The van der Waals surface area contributed by atoms with Gasteiger partial charge >= 0.3 is 0 Å². The normalized spacial score (nSPS) is 10.3. The van der Waals surface area contributed by atoms with Crippen molar-refractivity contribution in [1.29, 1.82) is 0 Å². The number of rotatable bonds is 4. The molecule has 0 saturated carbocycles. The first-order valence-corrected chi connectivity index (χ1v) is 6.23. The fourth-order valence-electron chi connectivity index (χ4n) is 1.61. The summed E-state index contributed by atoms with van der Waals surface area (Å²) in [4.78, 5) is 19.1. The van der Waals surface area contributed by atoms with Crippen molar-refractivity contribution in [1.82, 2.24) is 9.97 Å². The van der Waals surface area contributed by atoms with Crippen molar-refractivity contribution in [3.63, 3.8) is 0 Å². The van der Waals surface area contributed by atoms with Gasteiger partial charge in [-0.05, 0) is 32.0 Å². The van der Waals surface area contributed by atoms with Crippen LogP contribution in [0.4, 0.5) is 5.95 Å². The second-order valence-corrected chi connectivity index (χ2v) is 4.38. The number of nitrogens with zero attached hydrogens (tertiary/aromatic N) is 1. The number of amides is 1. The number of nitrogens with one attached hydrogen (secondary N) is 2. The van der Waals surface area contributed by atoms with Crippen LogP contribution >= 0.6 is 11.6 Å². The Bertz CT molecular complexity index is 595. The first-order valence-electron chi connectivity index (χ1n) is 5.85. The molecule has 0 unspecified atom stereocenters. The van der Waals surface area contributed by atoms with Crippen molar-refractivity contribution in [3.8, 4) is 5.75 Å². The van der Waals surface area contributed by atoms with E-state index < -0.39 is 0 Å². The molecule has 2 N–H and O–H groups in total. The molecule has 0 bridgehead atoms. The fourth-order valence-corrected chi connectivity index (χ4v) is 1.77. The molecule has 6 heteroatoms. The number of hydrogen-bond donors (Lipinski definition) is 2. The molecule has 0 aliphatic rings. The van der Waals surface area contributed by atoms with Gasteiger partial charge in [-0.25, -0.2) is 4.98 Å². The van der Waals surface area contributed by atoms with Crippen LogP contribution in [0, 0.1) is 6.92 Å². The molecule has 1 aromatic heterocycles. The van der Waals surface area contributed by atoms with Gasteiger partial charge in [-0.15, -0.1) is 0 Å². The van der Waals surface area contributed by atoms with E-state index in [1.54, 1.807) is 24.4 Å². The Morgan fingerprint density at radius 2 is 2.32 bits per heavy atom. The number of carbonyl (C=O) groups excluding carboxylic acids is 1. The summed E-state index contributed by atoms with van der Waals surface area (Å²) in [5.74, 6) is 0.560. The first kappa shape index (κ1) is 13.4. The van der Waals surface area contributed by atoms with Crippen molar-refractivity contribution in [2.45, 2.75) is 13.8 Å². The van der Waals surface area contributed by atoms with E-state index in [0.29, 0.717) is 28.9 Å². The highest BCUT2D eigenvalue weighted by molar-refractivity contribution is 6.31. The van der Waals surface area contributed by atoms with Crippen LogP contribution < -0.4 is 10.1 Å². The third kappa shape index (κ3) is 3.26. The number of aromatic amines is 1. The van der Waals surface area contributed by atoms with Crippen LogP contribution in [0.25, 0.3) is 0 Å². The number of carbonyl (C=O) groups is 1. The van der Waals surface area contributed by atoms with Crippen LogP contribution in [0.5, 0.6) is 5.75 Å². The van der Waals surface area contributed by atoms with Crippen LogP contribution in [-0.2, 0) is 0 Å². The number of halogens is 1. The van der Waals surface area contributed by atoms with E-state index in [4.69, 9.17) is 16.3 Å². The van der Waals surface area contributed by atoms with E-state index in [-0.39, 0.29) is 5.91 Å². The lowest BCUT2D eigenvalue weighted by Gasteiger charge is -2.09. The van der Waals surface area contributed by atoms with Crippen LogP contribution in [0.1, 0.15) is 23.0 Å². The Labute approximate surface area is 116 Å². The van der Waals surface area contributed by atoms with E-state index in [2.05, 4.69) is 15.3 Å². The Morgan fingerprint density at radius 1 is 1.53 bits per heavy atom. The highest BCUT2D eigenvalue weighted by Crippen LogP contribution is 2.24. The maximum absolute atomic E-state index is 12.1. The summed E-state index contributed by atoms with van der Waals surface area (Å²) < 4.78 is 5.41. The molecule has 0 atom stereocenters. The zero-order valence-corrected chi connectivity index (χ0v) is 11.4. The van der Waals surface area contributed by atoms with Gasteiger partial charge in [0.15, 0.2) is 0 Å². The van der Waals surface area contributed by atoms with E-state index >= 15 is 0 Å². The molecule has 0 radical (unpaired) electrons. The Hall–Kier alpha value is -2.01. The number of imidazole rings is 1. The van der Waals surface area contributed by atoms with Crippen LogP contribution in [0.3, 0.4) is 0 Å². The van der Waals surface area contributed by atoms with Gasteiger partial charge in [0.2, 0.25) is 5.95 Å². The molecule has 1 aromatic carbocycles. The van der Waals surface area contributed by atoms with Gasteiger partial charge < -0.3 is 9.72 Å². The van der Waals surface area contributed by atoms with Gasteiger partial charge in [-0.3, -0.25) is 10.1 Å². The predicted octanol–water partition coefficient (Wildman–Crippen LogP) is 3.02. The summed E-state index contributed by atoms with van der Waals surface area (Å²) >= 11 is 5.89. The summed E-state index contributed by atoms with van der Waals surface area (Å²) in [6.45, 7) is 4.16. The lowest BCUT2D eigenvalue weighted by atomic mass is 10.2. The Morgan fingerprint density at radius 3 is 2.95 bits per heavy atom. The largest absolute Gasteiger partial charge is 0.493 e. The van der Waals surface area contributed by atoms with Crippen molar-refractivity contribution in [3.05, 3.63) is 40.7 Å². The van der Waals surface area contributed by atoms with E-state index in [9.17, 15) is 4.79 Å². The maximum Gasteiger partial charge on any atom is 0.261 e. The lowest BCUT2D eigenvalue weighted by molar-refractivity contribution is 0.102. The summed E-state index contributed by atoms with van der Waals surface area (Å²) in [5, 5.41) is 3.19. The highest BCUT2D eigenvalue weighted by atomic mass is 35.5. The minimum Gasteiger partial charge on any atom is -0.493 e. The highest BCUT2D eigenvalue weighted by Gasteiger charge is 2.14. The van der Waals surface area contributed by atoms with E-state index in [0.717, 1.165) is 5.69 Å². The standard InChI is InChI=1S/C13H14ClN3O2/c1-3-19-11-6-9(14)4-5-10(11)12(18)17-13-15-7-8(2)16-13/h4-7H,3H2,1-2H3,(H2,15,16,17,18). The number of H-pyrrole nitrogens is 1. The van der Waals surface area contributed by atoms with Crippen molar-refractivity contribution in [2.24, 2.45) is 0 Å². The number of anilines is 1. The van der Waals surface area contributed by atoms with Crippen molar-refractivity contribution >= 4 is 23.5 Å². The first-order chi connectivity index (χ1) is 9.10. The molecule has 0 aliphatic heterocycles. The molecule has 1 amide bonds. The molecular weight excluding hydrogens is 266 g/mol. The van der Waals surface area contributed by atoms with Gasteiger partial charge in [0.05, 0.1) is 12.2 Å². The second kappa shape index (κ2) is 5.75. The van der Waals surface area contributed by atoms with Gasteiger partial charge in [0.25, 0.3) is 5.91 Å². The molecule has 19 heavy (non-hydrogen) atoms. The average Bonchev–Trinajstić information content (AvgIpc) is 2.75. The molecule has 5 nitrogen and oxygen atoms in total. The van der Waals surface area contributed by atoms with Gasteiger partial charge in [0.1, 0.15) is 5.75 Å². The number of aryl methyl sites for hydroxylation is 1. The average molecular weight is 280 g/mol. The van der Waals surface area contributed by atoms with Crippen molar-refractivity contribution in [2.75, 3.05) is 11.9 Å². The fraction of sp³-hybridized carbons (Fsp3) is 0.231. The monoisotopic (exact) mass is 279 g/mol. The maximum atomic E-state index is 12.1. The predicted molar refractivity (Wildman–Crippen MR) is 73.9 cm³/mol. The van der Waals surface area contributed by atoms with E-state index in [1.165, 1.54) is 0 Å².